The summed E-state index contributed by atoms with van der Waals surface area (Å²) in [7, 11) is 0. The van der Waals surface area contributed by atoms with Gasteiger partial charge < -0.3 is 9.94 Å². The maximum atomic E-state index is 13.5. The number of aryl methyl sites for hydroxylation is 1. The first-order chi connectivity index (χ1) is 15.2. The lowest BCUT2D eigenvalue weighted by Gasteiger charge is -2.19. The molecule has 3 rings (SSSR count). The number of hydrogen-bond acceptors (Lipinski definition) is 5. The highest BCUT2D eigenvalue weighted by atomic mass is 19.1. The second kappa shape index (κ2) is 9.77. The molecule has 1 N–H and O–H groups in total. The molecule has 1 heterocycles. The Morgan fingerprint density at radius 1 is 1.12 bits per heavy atom. The van der Waals surface area contributed by atoms with E-state index in [4.69, 9.17) is 9.94 Å². The van der Waals surface area contributed by atoms with Crippen molar-refractivity contribution < 1.29 is 19.1 Å². The average molecular weight is 438 g/mol. The summed E-state index contributed by atoms with van der Waals surface area (Å²) in [5, 5.41) is 13.1. The van der Waals surface area contributed by atoms with Crippen LogP contribution in [0.5, 0.6) is 0 Å². The maximum absolute atomic E-state index is 13.5. The van der Waals surface area contributed by atoms with E-state index in [1.165, 1.54) is 18.3 Å². The second-order valence-electron chi connectivity index (χ2n) is 8.64. The lowest BCUT2D eigenvalue weighted by atomic mass is 10.0. The fraction of sp³-hybridized carbons (Fsp3) is 0.320. The number of esters is 1. The summed E-state index contributed by atoms with van der Waals surface area (Å²) in [6.07, 6.45) is 3.42. The molecule has 3 aromatic rings. The molecule has 32 heavy (non-hydrogen) atoms. The topological polar surface area (TPSA) is 80.9 Å². The van der Waals surface area contributed by atoms with E-state index in [1.807, 2.05) is 26.8 Å². The van der Waals surface area contributed by atoms with Crippen LogP contribution in [-0.2, 0) is 16.0 Å². The first-order valence-corrected chi connectivity index (χ1v) is 10.5. The number of unbranched alkanes of at least 4 members (excludes halogenated alkanes) is 1. The number of hydrogen-bond donors (Lipinski definition) is 1. The van der Waals surface area contributed by atoms with E-state index in [2.05, 4.69) is 5.16 Å². The van der Waals surface area contributed by atoms with Gasteiger partial charge in [0.2, 0.25) is 0 Å². The lowest BCUT2D eigenvalue weighted by molar-refractivity contribution is -0.154. The van der Waals surface area contributed by atoms with E-state index < -0.39 is 5.60 Å². The highest BCUT2D eigenvalue weighted by Crippen LogP contribution is 2.20. The highest BCUT2D eigenvalue weighted by Gasteiger charge is 2.16. The van der Waals surface area contributed by atoms with E-state index in [9.17, 15) is 14.0 Å². The van der Waals surface area contributed by atoms with Crippen molar-refractivity contribution in [2.24, 2.45) is 5.16 Å². The normalized spacial score (nSPS) is 11.9. The Kier molecular flexibility index (Phi) is 7.08. The molecule has 0 saturated carbocycles. The molecule has 2 aromatic carbocycles. The Balaban J connectivity index is 1.92. The molecule has 0 aliphatic heterocycles. The second-order valence-corrected chi connectivity index (χ2v) is 8.64. The monoisotopic (exact) mass is 438 g/mol. The summed E-state index contributed by atoms with van der Waals surface area (Å²) in [6.45, 7) is 5.49. The van der Waals surface area contributed by atoms with E-state index in [-0.39, 0.29) is 17.3 Å². The molecule has 0 aliphatic rings. The summed E-state index contributed by atoms with van der Waals surface area (Å²) >= 11 is 0. The minimum absolute atomic E-state index is 0.219. The smallest absolute Gasteiger partial charge is 0.306 e. The molecular weight excluding hydrogens is 411 g/mol. The molecule has 0 saturated heterocycles. The number of nitrogens with zero attached hydrogens (tertiary/aromatic N) is 2. The van der Waals surface area contributed by atoms with Crippen LogP contribution < -0.4 is 5.56 Å². The summed E-state index contributed by atoms with van der Waals surface area (Å²) in [4.78, 5) is 25.3. The van der Waals surface area contributed by atoms with Crippen LogP contribution >= 0.6 is 0 Å². The van der Waals surface area contributed by atoms with Crippen LogP contribution in [0.4, 0.5) is 4.39 Å². The third-order valence-electron chi connectivity index (χ3n) is 4.89. The standard InChI is InChI=1S/C25H27FN2O4/c1-25(2,3)32-23(29)7-5-4-6-21-15-18-14-17(16-27-31)8-13-22(18)24(30)28(21)20-11-9-19(26)10-12-20/h8-16,31H,4-7H2,1-3H3/b27-16-. The van der Waals surface area contributed by atoms with Crippen molar-refractivity contribution in [2.75, 3.05) is 0 Å². The van der Waals surface area contributed by atoms with Crippen LogP contribution in [0.3, 0.4) is 0 Å². The summed E-state index contributed by atoms with van der Waals surface area (Å²) in [5.41, 5.74) is 1.24. The Bertz CT molecular complexity index is 1190. The molecule has 0 fully saturated rings. The lowest BCUT2D eigenvalue weighted by Crippen LogP contribution is -2.24. The fourth-order valence-electron chi connectivity index (χ4n) is 3.56. The molecular formula is C25H27FN2O4. The molecule has 6 nitrogen and oxygen atoms in total. The van der Waals surface area contributed by atoms with Gasteiger partial charge in [-0.2, -0.15) is 0 Å². The van der Waals surface area contributed by atoms with Gasteiger partial charge in [0.25, 0.3) is 5.56 Å². The van der Waals surface area contributed by atoms with Crippen molar-refractivity contribution in [1.82, 2.24) is 4.57 Å². The fourth-order valence-corrected chi connectivity index (χ4v) is 3.56. The van der Waals surface area contributed by atoms with Gasteiger partial charge in [0.15, 0.2) is 0 Å². The zero-order valence-electron chi connectivity index (χ0n) is 18.5. The van der Waals surface area contributed by atoms with Crippen LogP contribution in [-0.4, -0.2) is 27.6 Å². The Hall–Kier alpha value is -3.48. The van der Waals surface area contributed by atoms with Crippen molar-refractivity contribution in [3.8, 4) is 5.69 Å². The zero-order chi connectivity index (χ0) is 23.3. The molecule has 0 aliphatic carbocycles. The molecule has 7 heteroatoms. The molecule has 0 spiro atoms. The molecule has 0 bridgehead atoms. The number of rotatable bonds is 7. The minimum atomic E-state index is -0.520. The number of halogens is 1. The van der Waals surface area contributed by atoms with E-state index >= 15 is 0 Å². The van der Waals surface area contributed by atoms with Crippen molar-refractivity contribution in [3.05, 3.63) is 76.0 Å². The van der Waals surface area contributed by atoms with Gasteiger partial charge in [-0.15, -0.1) is 0 Å². The zero-order valence-corrected chi connectivity index (χ0v) is 18.5. The highest BCUT2D eigenvalue weighted by molar-refractivity contribution is 5.90. The molecule has 0 atom stereocenters. The summed E-state index contributed by atoms with van der Waals surface area (Å²) < 4.78 is 20.4. The van der Waals surface area contributed by atoms with Crippen molar-refractivity contribution in [2.45, 2.75) is 52.1 Å². The predicted octanol–water partition coefficient (Wildman–Crippen LogP) is 4.99. The van der Waals surface area contributed by atoms with E-state index in [0.29, 0.717) is 47.7 Å². The van der Waals surface area contributed by atoms with Crippen molar-refractivity contribution in [1.29, 1.82) is 0 Å². The van der Waals surface area contributed by atoms with Gasteiger partial charge in [-0.05, 0) is 93.4 Å². The minimum Gasteiger partial charge on any atom is -0.460 e. The van der Waals surface area contributed by atoms with Gasteiger partial charge in [-0.25, -0.2) is 4.39 Å². The molecule has 0 radical (unpaired) electrons. The predicted molar refractivity (Wildman–Crippen MR) is 122 cm³/mol. The molecule has 0 unspecified atom stereocenters. The number of pyridine rings is 1. The van der Waals surface area contributed by atoms with Crippen LogP contribution in [0.15, 0.2) is 58.5 Å². The first-order valence-electron chi connectivity index (χ1n) is 10.5. The number of fused-ring (bicyclic) bond motifs is 1. The van der Waals surface area contributed by atoms with E-state index in [1.54, 1.807) is 34.9 Å². The number of carbonyl (C=O) groups excluding carboxylic acids is 1. The van der Waals surface area contributed by atoms with Gasteiger partial charge in [-0.1, -0.05) is 11.2 Å². The molecule has 0 amide bonds. The number of carbonyl (C=O) groups is 1. The van der Waals surface area contributed by atoms with Crippen molar-refractivity contribution in [3.63, 3.8) is 0 Å². The largest absolute Gasteiger partial charge is 0.460 e. The average Bonchev–Trinajstić information content (AvgIpc) is 2.71. The van der Waals surface area contributed by atoms with Gasteiger partial charge >= 0.3 is 5.97 Å². The number of oxime groups is 1. The number of benzene rings is 2. The van der Waals surface area contributed by atoms with Crippen LogP contribution in [0.2, 0.25) is 0 Å². The molecule has 1 aromatic heterocycles. The quantitative estimate of drug-likeness (QED) is 0.185. The van der Waals surface area contributed by atoms with Crippen LogP contribution in [0, 0.1) is 5.82 Å². The SMILES string of the molecule is CC(C)(C)OC(=O)CCCCc1cc2cc(/C=N\O)ccc2c(=O)n1-c1ccc(F)cc1. The Morgan fingerprint density at radius 3 is 2.50 bits per heavy atom. The Morgan fingerprint density at radius 2 is 1.84 bits per heavy atom. The third kappa shape index (κ3) is 5.81. The van der Waals surface area contributed by atoms with Gasteiger partial charge in [-0.3, -0.25) is 14.2 Å². The third-order valence-corrected chi connectivity index (χ3v) is 4.89. The van der Waals surface area contributed by atoms with Crippen molar-refractivity contribution >= 4 is 23.0 Å². The summed E-state index contributed by atoms with van der Waals surface area (Å²) in [6, 6.07) is 12.8. The van der Waals surface area contributed by atoms with Crippen LogP contribution in [0.1, 0.15) is 51.3 Å². The molecule has 168 valence electrons. The Labute approximate surface area is 185 Å². The van der Waals surface area contributed by atoms with Crippen LogP contribution in [0.25, 0.3) is 16.5 Å². The first kappa shape index (κ1) is 23.2. The number of aromatic nitrogens is 1. The van der Waals surface area contributed by atoms with Gasteiger partial charge in [0.1, 0.15) is 11.4 Å². The number of ether oxygens (including phenoxy) is 1. The van der Waals surface area contributed by atoms with Gasteiger partial charge in [0.05, 0.1) is 6.21 Å². The van der Waals surface area contributed by atoms with Gasteiger partial charge in [0, 0.05) is 23.2 Å². The maximum Gasteiger partial charge on any atom is 0.306 e. The summed E-state index contributed by atoms with van der Waals surface area (Å²) in [5.74, 6) is -0.630. The van der Waals surface area contributed by atoms with E-state index in [0.717, 1.165) is 5.69 Å².